The van der Waals surface area contributed by atoms with E-state index in [0.29, 0.717) is 5.56 Å². The van der Waals surface area contributed by atoms with E-state index in [-0.39, 0.29) is 5.91 Å². The third-order valence-corrected chi connectivity index (χ3v) is 4.45. The molecule has 0 aromatic carbocycles. The first-order chi connectivity index (χ1) is 10.2. The summed E-state index contributed by atoms with van der Waals surface area (Å²) in [4.78, 5) is 22.2. The summed E-state index contributed by atoms with van der Waals surface area (Å²) in [5.74, 6) is 0.0859. The molecule has 1 saturated heterocycles. The molecule has 7 heteroatoms. The van der Waals surface area contributed by atoms with Gasteiger partial charge in [0, 0.05) is 57.0 Å². The molecule has 0 radical (unpaired) electrons. The van der Waals surface area contributed by atoms with Gasteiger partial charge in [-0.25, -0.2) is 0 Å². The summed E-state index contributed by atoms with van der Waals surface area (Å²) in [6.07, 6.45) is 6.35. The Labute approximate surface area is 128 Å². The van der Waals surface area contributed by atoms with Crippen molar-refractivity contribution in [2.75, 3.05) is 26.2 Å². The highest BCUT2D eigenvalue weighted by molar-refractivity contribution is 7.09. The van der Waals surface area contributed by atoms with E-state index in [1.54, 1.807) is 28.4 Å². The molecule has 0 saturated carbocycles. The van der Waals surface area contributed by atoms with Crippen LogP contribution in [0.25, 0.3) is 0 Å². The van der Waals surface area contributed by atoms with Gasteiger partial charge in [-0.1, -0.05) is 0 Å². The van der Waals surface area contributed by atoms with Crippen LogP contribution in [0, 0.1) is 0 Å². The predicted molar refractivity (Wildman–Crippen MR) is 81.1 cm³/mol. The van der Waals surface area contributed by atoms with E-state index in [1.165, 1.54) is 4.88 Å². The quantitative estimate of drug-likeness (QED) is 0.856. The van der Waals surface area contributed by atoms with E-state index < -0.39 is 0 Å². The van der Waals surface area contributed by atoms with Crippen LogP contribution >= 0.6 is 11.3 Å². The Balaban J connectivity index is 1.59. The molecule has 1 aliphatic rings. The molecule has 1 amide bonds. The van der Waals surface area contributed by atoms with E-state index >= 15 is 0 Å². The van der Waals surface area contributed by atoms with Crippen LogP contribution in [0.2, 0.25) is 0 Å². The first-order valence-electron chi connectivity index (χ1n) is 7.10. The molecule has 3 heterocycles. The van der Waals surface area contributed by atoms with Gasteiger partial charge in [-0.2, -0.15) is 5.10 Å². The van der Waals surface area contributed by atoms with Crippen molar-refractivity contribution in [1.82, 2.24) is 24.6 Å². The summed E-state index contributed by atoms with van der Waals surface area (Å²) in [6, 6.07) is 0. The molecule has 1 fully saturated rings. The molecule has 2 aromatic heterocycles. The first kappa shape index (κ1) is 14.2. The van der Waals surface area contributed by atoms with Crippen LogP contribution in [0.15, 0.2) is 24.1 Å². The van der Waals surface area contributed by atoms with Gasteiger partial charge in [-0.3, -0.25) is 19.4 Å². The van der Waals surface area contributed by atoms with Gasteiger partial charge < -0.3 is 4.90 Å². The Morgan fingerprint density at radius 1 is 1.29 bits per heavy atom. The molecule has 0 N–H and O–H groups in total. The largest absolute Gasteiger partial charge is 0.337 e. The van der Waals surface area contributed by atoms with E-state index in [1.807, 2.05) is 23.7 Å². The van der Waals surface area contributed by atoms with Gasteiger partial charge in [0.25, 0.3) is 5.91 Å². The average Bonchev–Trinajstić information content (AvgIpc) is 3.07. The minimum atomic E-state index is 0.0859. The fraction of sp³-hybridized carbons (Fsp3) is 0.500. The monoisotopic (exact) mass is 305 g/mol. The summed E-state index contributed by atoms with van der Waals surface area (Å²) >= 11 is 1.69. The zero-order valence-corrected chi connectivity index (χ0v) is 12.9. The summed E-state index contributed by atoms with van der Waals surface area (Å²) in [7, 11) is 1.83. The number of aryl methyl sites for hydroxylation is 1. The van der Waals surface area contributed by atoms with Crippen LogP contribution in [0.4, 0.5) is 0 Å². The molecule has 0 bridgehead atoms. The molecule has 6 nitrogen and oxygen atoms in total. The highest BCUT2D eigenvalue weighted by Crippen LogP contribution is 2.13. The molecule has 112 valence electrons. The second kappa shape index (κ2) is 6.36. The van der Waals surface area contributed by atoms with Crippen molar-refractivity contribution in [2.24, 2.45) is 7.05 Å². The lowest BCUT2D eigenvalue weighted by Gasteiger charge is -2.21. The highest BCUT2D eigenvalue weighted by atomic mass is 32.1. The predicted octanol–water partition coefficient (Wildman–Crippen LogP) is 1.22. The van der Waals surface area contributed by atoms with Crippen LogP contribution in [0.5, 0.6) is 0 Å². The lowest BCUT2D eigenvalue weighted by molar-refractivity contribution is 0.0761. The molecular formula is C14H19N5OS. The van der Waals surface area contributed by atoms with Crippen molar-refractivity contribution in [3.05, 3.63) is 34.5 Å². The Kier molecular flexibility index (Phi) is 4.31. The maximum atomic E-state index is 12.4. The number of thiazole rings is 1. The molecule has 0 aliphatic carbocycles. The molecule has 2 aromatic rings. The van der Waals surface area contributed by atoms with Gasteiger partial charge in [0.15, 0.2) is 0 Å². The van der Waals surface area contributed by atoms with Crippen LogP contribution in [0.3, 0.4) is 0 Å². The third kappa shape index (κ3) is 3.48. The normalized spacial score (nSPS) is 16.9. The van der Waals surface area contributed by atoms with E-state index in [2.05, 4.69) is 15.0 Å². The van der Waals surface area contributed by atoms with E-state index in [4.69, 9.17) is 0 Å². The second-order valence-corrected chi connectivity index (χ2v) is 6.26. The lowest BCUT2D eigenvalue weighted by Crippen LogP contribution is -2.34. The molecule has 3 rings (SSSR count). The van der Waals surface area contributed by atoms with Crippen molar-refractivity contribution >= 4 is 17.2 Å². The standard InChI is InChI=1S/C14H19N5OS/c1-17-9-12(7-16-17)14(20)19-4-2-3-18(5-6-19)10-13-8-15-11-21-13/h7-9,11H,2-6,10H2,1H3. The minimum Gasteiger partial charge on any atom is -0.337 e. The number of hydrogen-bond donors (Lipinski definition) is 0. The van der Waals surface area contributed by atoms with Crippen LogP contribution in [-0.4, -0.2) is 56.7 Å². The van der Waals surface area contributed by atoms with Gasteiger partial charge in [-0.15, -0.1) is 11.3 Å². The van der Waals surface area contributed by atoms with Gasteiger partial charge in [0.05, 0.1) is 17.3 Å². The van der Waals surface area contributed by atoms with Gasteiger partial charge in [-0.05, 0) is 6.42 Å². The smallest absolute Gasteiger partial charge is 0.257 e. The maximum Gasteiger partial charge on any atom is 0.257 e. The van der Waals surface area contributed by atoms with Crippen LogP contribution < -0.4 is 0 Å². The van der Waals surface area contributed by atoms with Crippen molar-refractivity contribution in [1.29, 1.82) is 0 Å². The molecule has 0 unspecified atom stereocenters. The second-order valence-electron chi connectivity index (χ2n) is 5.29. The first-order valence-corrected chi connectivity index (χ1v) is 7.98. The maximum absolute atomic E-state index is 12.4. The number of amides is 1. The number of nitrogens with zero attached hydrogens (tertiary/aromatic N) is 5. The molecule has 1 aliphatic heterocycles. The number of hydrogen-bond acceptors (Lipinski definition) is 5. The Morgan fingerprint density at radius 2 is 2.19 bits per heavy atom. The van der Waals surface area contributed by atoms with Crippen molar-refractivity contribution in [3.8, 4) is 0 Å². The third-order valence-electron chi connectivity index (χ3n) is 3.69. The van der Waals surface area contributed by atoms with Crippen LogP contribution in [-0.2, 0) is 13.6 Å². The van der Waals surface area contributed by atoms with Gasteiger partial charge in [0.1, 0.15) is 0 Å². The van der Waals surface area contributed by atoms with Gasteiger partial charge >= 0.3 is 0 Å². The van der Waals surface area contributed by atoms with E-state index in [0.717, 1.165) is 39.1 Å². The van der Waals surface area contributed by atoms with Crippen molar-refractivity contribution < 1.29 is 4.79 Å². The summed E-state index contributed by atoms with van der Waals surface area (Å²) in [5.41, 5.74) is 2.54. The number of carbonyl (C=O) groups excluding carboxylic acids is 1. The average molecular weight is 305 g/mol. The zero-order valence-electron chi connectivity index (χ0n) is 12.1. The fourth-order valence-electron chi connectivity index (χ4n) is 2.59. The number of aromatic nitrogens is 3. The molecular weight excluding hydrogens is 286 g/mol. The highest BCUT2D eigenvalue weighted by Gasteiger charge is 2.21. The van der Waals surface area contributed by atoms with E-state index in [9.17, 15) is 4.79 Å². The minimum absolute atomic E-state index is 0.0859. The molecule has 0 spiro atoms. The molecule has 21 heavy (non-hydrogen) atoms. The van der Waals surface area contributed by atoms with Crippen molar-refractivity contribution in [3.63, 3.8) is 0 Å². The Morgan fingerprint density at radius 3 is 2.90 bits per heavy atom. The van der Waals surface area contributed by atoms with Gasteiger partial charge in [0.2, 0.25) is 0 Å². The SMILES string of the molecule is Cn1cc(C(=O)N2CCCN(Cc3cncs3)CC2)cn1. The summed E-state index contributed by atoms with van der Waals surface area (Å²) in [5, 5.41) is 4.07. The number of carbonyl (C=O) groups is 1. The topological polar surface area (TPSA) is 54.3 Å². The number of rotatable bonds is 3. The Hall–Kier alpha value is -1.73. The molecule has 0 atom stereocenters. The fourth-order valence-corrected chi connectivity index (χ4v) is 3.22. The Bertz CT molecular complexity index is 594. The summed E-state index contributed by atoms with van der Waals surface area (Å²) in [6.45, 7) is 4.44. The zero-order chi connectivity index (χ0) is 14.7. The van der Waals surface area contributed by atoms with Crippen LogP contribution in [0.1, 0.15) is 21.7 Å². The van der Waals surface area contributed by atoms with Crippen molar-refractivity contribution in [2.45, 2.75) is 13.0 Å². The lowest BCUT2D eigenvalue weighted by atomic mass is 10.3. The summed E-state index contributed by atoms with van der Waals surface area (Å²) < 4.78 is 1.67.